The number of anilines is 1. The number of hydrogen-bond acceptors (Lipinski definition) is 5. The number of nitrogens with zero attached hydrogens (tertiary/aromatic N) is 1. The lowest BCUT2D eigenvalue weighted by Gasteiger charge is -2.12. The van der Waals surface area contributed by atoms with Gasteiger partial charge in [-0.15, -0.1) is 0 Å². The summed E-state index contributed by atoms with van der Waals surface area (Å²) >= 11 is 0. The molecule has 2 aromatic heterocycles. The molecule has 4 aromatic rings. The molecule has 0 aliphatic carbocycles. The number of carbonyl (C=O) groups is 1. The van der Waals surface area contributed by atoms with Crippen LogP contribution in [0.1, 0.15) is 27.6 Å². The second-order valence-corrected chi connectivity index (χ2v) is 7.43. The average molecular weight is 428 g/mol. The quantitative estimate of drug-likeness (QED) is 0.343. The Kier molecular flexibility index (Phi) is 7.07. The topological polar surface area (TPSA) is 87.4 Å². The first-order valence-electron chi connectivity index (χ1n) is 10.5. The minimum atomic E-state index is -0.578. The van der Waals surface area contributed by atoms with E-state index in [-0.39, 0.29) is 5.91 Å². The Morgan fingerprint density at radius 2 is 1.84 bits per heavy atom. The van der Waals surface area contributed by atoms with Crippen LogP contribution in [0.25, 0.3) is 11.3 Å². The minimum Gasteiger partial charge on any atom is -0.464 e. The maximum absolute atomic E-state index is 12.8. The number of carbonyl (C=O) groups excluding carboxylic acids is 1. The molecule has 2 aromatic carbocycles. The van der Waals surface area contributed by atoms with E-state index in [4.69, 9.17) is 4.42 Å². The first kappa shape index (κ1) is 21.5. The Balaban J connectivity index is 1.29. The Morgan fingerprint density at radius 1 is 1.00 bits per heavy atom. The molecule has 0 unspecified atom stereocenters. The summed E-state index contributed by atoms with van der Waals surface area (Å²) in [6.07, 6.45) is 5.19. The number of rotatable bonds is 9. The van der Waals surface area contributed by atoms with Gasteiger partial charge in [0.05, 0.1) is 17.9 Å². The van der Waals surface area contributed by atoms with Gasteiger partial charge in [0.2, 0.25) is 0 Å². The van der Waals surface area contributed by atoms with E-state index in [0.29, 0.717) is 17.9 Å². The standard InChI is InChI=1S/C26H25N3O3/c30-24(20-5-3-14-27-17-20)18-28-15-13-19-9-11-21(12-10-19)29-26(31)23-7-2-1-6-22(23)25-8-4-16-32-25/h1-12,14,16-17,24,28,30H,13,15,18H2,(H,29,31)/t24-/m0/s1. The third-order valence-electron chi connectivity index (χ3n) is 5.17. The molecule has 3 N–H and O–H groups in total. The largest absolute Gasteiger partial charge is 0.464 e. The van der Waals surface area contributed by atoms with Gasteiger partial charge >= 0.3 is 0 Å². The second kappa shape index (κ2) is 10.5. The molecule has 1 atom stereocenters. The van der Waals surface area contributed by atoms with Crippen LogP contribution < -0.4 is 10.6 Å². The molecular weight excluding hydrogens is 402 g/mol. The van der Waals surface area contributed by atoms with E-state index in [2.05, 4.69) is 15.6 Å². The zero-order valence-electron chi connectivity index (χ0n) is 17.6. The summed E-state index contributed by atoms with van der Waals surface area (Å²) in [7, 11) is 0. The van der Waals surface area contributed by atoms with E-state index >= 15 is 0 Å². The molecule has 6 heteroatoms. The molecule has 162 valence electrons. The van der Waals surface area contributed by atoms with Crippen molar-refractivity contribution >= 4 is 11.6 Å². The lowest BCUT2D eigenvalue weighted by molar-refractivity contribution is 0.102. The summed E-state index contributed by atoms with van der Waals surface area (Å²) in [4.78, 5) is 16.8. The highest BCUT2D eigenvalue weighted by Gasteiger charge is 2.14. The summed E-state index contributed by atoms with van der Waals surface area (Å²) in [5, 5.41) is 16.4. The van der Waals surface area contributed by atoms with Crippen molar-refractivity contribution in [2.75, 3.05) is 18.4 Å². The van der Waals surface area contributed by atoms with Crippen molar-refractivity contribution in [3.8, 4) is 11.3 Å². The molecule has 0 bridgehead atoms. The predicted octanol–water partition coefficient (Wildman–Crippen LogP) is 4.46. The number of furan rings is 1. The van der Waals surface area contributed by atoms with Gasteiger partial charge in [-0.1, -0.05) is 36.4 Å². The van der Waals surface area contributed by atoms with Crippen molar-refractivity contribution in [2.24, 2.45) is 0 Å². The van der Waals surface area contributed by atoms with E-state index in [1.807, 2.05) is 60.7 Å². The van der Waals surface area contributed by atoms with Crippen LogP contribution in [0.2, 0.25) is 0 Å². The lowest BCUT2D eigenvalue weighted by atomic mass is 10.0. The van der Waals surface area contributed by atoms with E-state index in [9.17, 15) is 9.90 Å². The van der Waals surface area contributed by atoms with Crippen molar-refractivity contribution in [3.05, 3.63) is 108 Å². The number of hydrogen-bond donors (Lipinski definition) is 3. The number of aliphatic hydroxyl groups is 1. The minimum absolute atomic E-state index is 0.184. The highest BCUT2D eigenvalue weighted by molar-refractivity contribution is 6.08. The lowest BCUT2D eigenvalue weighted by Crippen LogP contribution is -2.23. The number of pyridine rings is 1. The zero-order chi connectivity index (χ0) is 22.2. The Labute approximate surface area is 186 Å². The molecule has 0 spiro atoms. The first-order valence-corrected chi connectivity index (χ1v) is 10.5. The highest BCUT2D eigenvalue weighted by Crippen LogP contribution is 2.25. The van der Waals surface area contributed by atoms with Crippen molar-refractivity contribution in [2.45, 2.75) is 12.5 Å². The van der Waals surface area contributed by atoms with Gasteiger partial charge in [0.25, 0.3) is 5.91 Å². The Bertz CT molecular complexity index is 1130. The van der Waals surface area contributed by atoms with Crippen LogP contribution in [0.3, 0.4) is 0 Å². The van der Waals surface area contributed by atoms with Gasteiger partial charge in [-0.05, 0) is 54.9 Å². The van der Waals surface area contributed by atoms with Crippen molar-refractivity contribution in [1.29, 1.82) is 0 Å². The van der Waals surface area contributed by atoms with Crippen LogP contribution in [0.4, 0.5) is 5.69 Å². The van der Waals surface area contributed by atoms with Crippen LogP contribution >= 0.6 is 0 Å². The molecule has 0 aliphatic heterocycles. The fraction of sp³-hybridized carbons (Fsp3) is 0.154. The average Bonchev–Trinajstić information content (AvgIpc) is 3.38. The molecule has 0 aliphatic rings. The number of benzene rings is 2. The number of nitrogens with one attached hydrogen (secondary N) is 2. The third kappa shape index (κ3) is 5.49. The zero-order valence-corrected chi connectivity index (χ0v) is 17.6. The molecule has 0 saturated heterocycles. The molecule has 0 saturated carbocycles. The number of aliphatic hydroxyl groups excluding tert-OH is 1. The fourth-order valence-electron chi connectivity index (χ4n) is 3.44. The monoisotopic (exact) mass is 427 g/mol. The van der Waals surface area contributed by atoms with Gasteiger partial charge in [0.1, 0.15) is 5.76 Å². The smallest absolute Gasteiger partial charge is 0.256 e. The highest BCUT2D eigenvalue weighted by atomic mass is 16.3. The van der Waals surface area contributed by atoms with Gasteiger partial charge in [0, 0.05) is 35.8 Å². The van der Waals surface area contributed by atoms with Crippen molar-refractivity contribution < 1.29 is 14.3 Å². The molecule has 32 heavy (non-hydrogen) atoms. The molecule has 6 nitrogen and oxygen atoms in total. The van der Waals surface area contributed by atoms with Gasteiger partial charge in [0.15, 0.2) is 0 Å². The van der Waals surface area contributed by atoms with Crippen LogP contribution in [0.15, 0.2) is 95.9 Å². The van der Waals surface area contributed by atoms with Gasteiger partial charge in [-0.3, -0.25) is 9.78 Å². The van der Waals surface area contributed by atoms with Gasteiger partial charge in [-0.2, -0.15) is 0 Å². The maximum Gasteiger partial charge on any atom is 0.256 e. The predicted molar refractivity (Wildman–Crippen MR) is 124 cm³/mol. The molecule has 0 fully saturated rings. The number of aromatic nitrogens is 1. The SMILES string of the molecule is O=C(Nc1ccc(CCNC[C@H](O)c2cccnc2)cc1)c1ccccc1-c1ccco1. The van der Waals surface area contributed by atoms with E-state index < -0.39 is 6.10 Å². The van der Waals surface area contributed by atoms with Gasteiger partial charge < -0.3 is 20.2 Å². The first-order chi connectivity index (χ1) is 15.7. The molecule has 2 heterocycles. The summed E-state index contributed by atoms with van der Waals surface area (Å²) in [5.41, 5.74) is 3.98. The van der Waals surface area contributed by atoms with E-state index in [0.717, 1.165) is 35.3 Å². The van der Waals surface area contributed by atoms with E-state index in [1.54, 1.807) is 30.8 Å². The van der Waals surface area contributed by atoms with Crippen molar-refractivity contribution in [1.82, 2.24) is 10.3 Å². The van der Waals surface area contributed by atoms with Crippen LogP contribution in [0, 0.1) is 0 Å². The van der Waals surface area contributed by atoms with Gasteiger partial charge in [-0.25, -0.2) is 0 Å². The third-order valence-corrected chi connectivity index (χ3v) is 5.17. The summed E-state index contributed by atoms with van der Waals surface area (Å²) in [5.74, 6) is 0.475. The Morgan fingerprint density at radius 3 is 2.59 bits per heavy atom. The molecule has 1 amide bonds. The van der Waals surface area contributed by atoms with Crippen molar-refractivity contribution in [3.63, 3.8) is 0 Å². The molecular formula is C26H25N3O3. The van der Waals surface area contributed by atoms with Crippen LogP contribution in [0.5, 0.6) is 0 Å². The normalized spacial score (nSPS) is 11.8. The van der Waals surface area contributed by atoms with E-state index in [1.165, 1.54) is 0 Å². The fourth-order valence-corrected chi connectivity index (χ4v) is 3.44. The summed E-state index contributed by atoms with van der Waals surface area (Å²) in [6.45, 7) is 1.20. The molecule has 0 radical (unpaired) electrons. The Hall–Kier alpha value is -3.74. The second-order valence-electron chi connectivity index (χ2n) is 7.43. The number of amides is 1. The summed E-state index contributed by atoms with van der Waals surface area (Å²) < 4.78 is 5.46. The summed E-state index contributed by atoms with van der Waals surface area (Å²) in [6, 6.07) is 22.5. The van der Waals surface area contributed by atoms with Crippen LogP contribution in [-0.4, -0.2) is 29.1 Å². The molecule has 4 rings (SSSR count). The maximum atomic E-state index is 12.8. The van der Waals surface area contributed by atoms with Crippen LogP contribution in [-0.2, 0) is 6.42 Å².